The molecule has 2 saturated heterocycles. The molecule has 3 aromatic rings. The summed E-state index contributed by atoms with van der Waals surface area (Å²) in [5.41, 5.74) is 0.545. The first-order valence-electron chi connectivity index (χ1n) is 11.6. The number of piperazine rings is 1. The van der Waals surface area contributed by atoms with Crippen LogP contribution >= 0.6 is 0 Å². The van der Waals surface area contributed by atoms with E-state index < -0.39 is 5.82 Å². The van der Waals surface area contributed by atoms with Gasteiger partial charge in [0, 0.05) is 58.1 Å². The van der Waals surface area contributed by atoms with E-state index in [0.717, 1.165) is 51.4 Å². The SMILES string of the molecule is O=C(c1cc(-c2ccccc2F)on1)N1CCCC(CN2CCN(c3ccccn3)CC2)C1. The molecule has 4 heterocycles. The van der Waals surface area contributed by atoms with Gasteiger partial charge in [-0.25, -0.2) is 9.37 Å². The predicted molar refractivity (Wildman–Crippen MR) is 123 cm³/mol. The van der Waals surface area contributed by atoms with Crippen LogP contribution in [0.1, 0.15) is 23.3 Å². The number of likely N-dealkylation sites (tertiary alicyclic amines) is 1. The number of amides is 1. The number of carbonyl (C=O) groups is 1. The van der Waals surface area contributed by atoms with Gasteiger partial charge in [0.2, 0.25) is 0 Å². The quantitative estimate of drug-likeness (QED) is 0.594. The van der Waals surface area contributed by atoms with Crippen LogP contribution < -0.4 is 4.90 Å². The van der Waals surface area contributed by atoms with E-state index in [1.165, 1.54) is 6.07 Å². The van der Waals surface area contributed by atoms with Gasteiger partial charge in [-0.3, -0.25) is 9.69 Å². The van der Waals surface area contributed by atoms with Gasteiger partial charge in [0.05, 0.1) is 5.56 Å². The monoisotopic (exact) mass is 449 g/mol. The van der Waals surface area contributed by atoms with E-state index in [1.807, 2.05) is 23.2 Å². The minimum absolute atomic E-state index is 0.147. The zero-order valence-corrected chi connectivity index (χ0v) is 18.6. The summed E-state index contributed by atoms with van der Waals surface area (Å²) in [5.74, 6) is 1.20. The fourth-order valence-electron chi connectivity index (χ4n) is 4.79. The van der Waals surface area contributed by atoms with Gasteiger partial charge in [0.15, 0.2) is 11.5 Å². The molecule has 0 bridgehead atoms. The number of pyridine rings is 1. The number of hydrogen-bond acceptors (Lipinski definition) is 6. The van der Waals surface area contributed by atoms with E-state index in [4.69, 9.17) is 4.52 Å². The van der Waals surface area contributed by atoms with Gasteiger partial charge >= 0.3 is 0 Å². The van der Waals surface area contributed by atoms with Crippen LogP contribution in [0.3, 0.4) is 0 Å². The van der Waals surface area contributed by atoms with Crippen LogP contribution in [0.5, 0.6) is 0 Å². The number of halogens is 1. The lowest BCUT2D eigenvalue weighted by molar-refractivity contribution is 0.0627. The van der Waals surface area contributed by atoms with Crippen LogP contribution in [0.2, 0.25) is 0 Å². The van der Waals surface area contributed by atoms with Crippen molar-refractivity contribution in [2.45, 2.75) is 12.8 Å². The number of anilines is 1. The van der Waals surface area contributed by atoms with Gasteiger partial charge in [-0.15, -0.1) is 0 Å². The van der Waals surface area contributed by atoms with Crippen molar-refractivity contribution in [3.63, 3.8) is 0 Å². The summed E-state index contributed by atoms with van der Waals surface area (Å²) >= 11 is 0. The second-order valence-corrected chi connectivity index (χ2v) is 8.79. The summed E-state index contributed by atoms with van der Waals surface area (Å²) in [6.45, 7) is 6.33. The van der Waals surface area contributed by atoms with Crippen LogP contribution in [0.15, 0.2) is 59.3 Å². The van der Waals surface area contributed by atoms with Crippen molar-refractivity contribution in [3.05, 3.63) is 66.2 Å². The molecule has 5 rings (SSSR count). The number of nitrogens with zero attached hydrogens (tertiary/aromatic N) is 5. The van der Waals surface area contributed by atoms with Crippen molar-refractivity contribution in [2.75, 3.05) is 50.7 Å². The van der Waals surface area contributed by atoms with E-state index >= 15 is 0 Å². The highest BCUT2D eigenvalue weighted by molar-refractivity contribution is 5.93. The van der Waals surface area contributed by atoms with Crippen LogP contribution in [-0.4, -0.2) is 71.7 Å². The van der Waals surface area contributed by atoms with Crippen molar-refractivity contribution in [1.82, 2.24) is 19.9 Å². The Morgan fingerprint density at radius 1 is 1.06 bits per heavy atom. The summed E-state index contributed by atoms with van der Waals surface area (Å²) in [6.07, 6.45) is 3.93. The minimum Gasteiger partial charge on any atom is -0.355 e. The van der Waals surface area contributed by atoms with E-state index in [-0.39, 0.29) is 17.4 Å². The average Bonchev–Trinajstić information content (AvgIpc) is 3.35. The van der Waals surface area contributed by atoms with Crippen molar-refractivity contribution < 1.29 is 13.7 Å². The molecule has 2 aliphatic rings. The molecule has 2 fully saturated rings. The van der Waals surface area contributed by atoms with E-state index in [0.29, 0.717) is 24.6 Å². The van der Waals surface area contributed by atoms with Crippen molar-refractivity contribution in [3.8, 4) is 11.3 Å². The smallest absolute Gasteiger partial charge is 0.276 e. The molecule has 0 spiro atoms. The molecule has 1 amide bonds. The molecule has 8 heteroatoms. The number of aromatic nitrogens is 2. The molecule has 0 aliphatic carbocycles. The van der Waals surface area contributed by atoms with Crippen molar-refractivity contribution >= 4 is 11.7 Å². The highest BCUT2D eigenvalue weighted by atomic mass is 19.1. The van der Waals surface area contributed by atoms with Gasteiger partial charge in [-0.2, -0.15) is 0 Å². The van der Waals surface area contributed by atoms with Crippen LogP contribution in [0.25, 0.3) is 11.3 Å². The molecule has 7 nitrogen and oxygen atoms in total. The zero-order chi connectivity index (χ0) is 22.6. The Hall–Kier alpha value is -3.26. The van der Waals surface area contributed by atoms with E-state index in [2.05, 4.69) is 26.0 Å². The number of rotatable bonds is 5. The van der Waals surface area contributed by atoms with Crippen molar-refractivity contribution in [1.29, 1.82) is 0 Å². The molecular formula is C25H28FN5O2. The van der Waals surface area contributed by atoms with Crippen LogP contribution in [0, 0.1) is 11.7 Å². The Bertz CT molecular complexity index is 1080. The number of benzene rings is 1. The summed E-state index contributed by atoms with van der Waals surface area (Å²) in [7, 11) is 0. The highest BCUT2D eigenvalue weighted by Crippen LogP contribution is 2.25. The summed E-state index contributed by atoms with van der Waals surface area (Å²) in [4.78, 5) is 24.2. The lowest BCUT2D eigenvalue weighted by Gasteiger charge is -2.39. The molecule has 172 valence electrons. The number of carbonyl (C=O) groups excluding carboxylic acids is 1. The predicted octanol–water partition coefficient (Wildman–Crippen LogP) is 3.55. The molecule has 2 aromatic heterocycles. The first kappa shape index (κ1) is 21.6. The van der Waals surface area contributed by atoms with Gasteiger partial charge in [0.25, 0.3) is 5.91 Å². The lowest BCUT2D eigenvalue weighted by Crippen LogP contribution is -2.50. The second kappa shape index (κ2) is 9.70. The Balaban J connectivity index is 1.16. The molecule has 33 heavy (non-hydrogen) atoms. The lowest BCUT2D eigenvalue weighted by atomic mass is 9.96. The maximum atomic E-state index is 14.0. The number of hydrogen-bond donors (Lipinski definition) is 0. The van der Waals surface area contributed by atoms with Crippen LogP contribution in [-0.2, 0) is 0 Å². The maximum Gasteiger partial charge on any atom is 0.276 e. The summed E-state index contributed by atoms with van der Waals surface area (Å²) in [5, 5.41) is 3.93. The second-order valence-electron chi connectivity index (χ2n) is 8.79. The van der Waals surface area contributed by atoms with Gasteiger partial charge in [-0.05, 0) is 43.0 Å². The Kier molecular flexibility index (Phi) is 6.35. The minimum atomic E-state index is -0.395. The topological polar surface area (TPSA) is 65.7 Å². The molecule has 0 saturated carbocycles. The molecule has 1 atom stereocenters. The summed E-state index contributed by atoms with van der Waals surface area (Å²) < 4.78 is 19.3. The summed E-state index contributed by atoms with van der Waals surface area (Å²) in [6, 6.07) is 13.9. The zero-order valence-electron chi connectivity index (χ0n) is 18.6. The fraction of sp³-hybridized carbons (Fsp3) is 0.400. The van der Waals surface area contributed by atoms with Crippen molar-refractivity contribution in [2.24, 2.45) is 5.92 Å². The first-order valence-corrected chi connectivity index (χ1v) is 11.6. The maximum absolute atomic E-state index is 14.0. The van der Waals surface area contributed by atoms with E-state index in [1.54, 1.807) is 24.3 Å². The highest BCUT2D eigenvalue weighted by Gasteiger charge is 2.29. The average molecular weight is 450 g/mol. The Morgan fingerprint density at radius 3 is 2.67 bits per heavy atom. The van der Waals surface area contributed by atoms with E-state index in [9.17, 15) is 9.18 Å². The van der Waals surface area contributed by atoms with Gasteiger partial charge in [0.1, 0.15) is 11.6 Å². The standard InChI is InChI=1S/C25H28FN5O2/c26-21-8-2-1-7-20(21)23-16-22(28-33-23)25(32)31-11-5-6-19(18-31)17-29-12-14-30(15-13-29)24-9-3-4-10-27-24/h1-4,7-10,16,19H,5-6,11-15,17-18H2. The van der Waals surface area contributed by atoms with Gasteiger partial charge < -0.3 is 14.3 Å². The molecule has 0 radical (unpaired) electrons. The van der Waals surface area contributed by atoms with Crippen LogP contribution in [0.4, 0.5) is 10.2 Å². The first-order chi connectivity index (χ1) is 16.2. The third-order valence-electron chi connectivity index (χ3n) is 6.54. The Morgan fingerprint density at radius 2 is 1.88 bits per heavy atom. The molecule has 1 unspecified atom stereocenters. The largest absolute Gasteiger partial charge is 0.355 e. The molecule has 1 aromatic carbocycles. The third kappa shape index (κ3) is 4.90. The number of piperidine rings is 1. The molecular weight excluding hydrogens is 421 g/mol. The molecule has 0 N–H and O–H groups in total. The fourth-order valence-corrected chi connectivity index (χ4v) is 4.79. The Labute approximate surface area is 192 Å². The molecule has 2 aliphatic heterocycles. The normalized spacial score (nSPS) is 19.6. The third-order valence-corrected chi connectivity index (χ3v) is 6.54. The van der Waals surface area contributed by atoms with Gasteiger partial charge in [-0.1, -0.05) is 23.4 Å².